The third kappa shape index (κ3) is 3.33. The van der Waals surface area contributed by atoms with E-state index in [1.54, 1.807) is 30.6 Å². The van der Waals surface area contributed by atoms with E-state index in [4.69, 9.17) is 4.74 Å². The quantitative estimate of drug-likeness (QED) is 0.868. The lowest BCUT2D eigenvalue weighted by molar-refractivity contribution is 0.390. The highest BCUT2D eigenvalue weighted by Gasteiger charge is 2.18. The molecule has 0 saturated carbocycles. The minimum atomic E-state index is -0.219. The molecule has 0 aliphatic carbocycles. The first-order chi connectivity index (χ1) is 9.26. The van der Waals surface area contributed by atoms with Crippen LogP contribution in [-0.2, 0) is 6.42 Å². The third-order valence-electron chi connectivity index (χ3n) is 3.23. The molecule has 1 atom stereocenters. The van der Waals surface area contributed by atoms with Crippen LogP contribution in [0.25, 0.3) is 0 Å². The normalized spacial score (nSPS) is 12.4. The molecule has 2 aromatic rings. The summed E-state index contributed by atoms with van der Waals surface area (Å²) in [5.41, 5.74) is 1.91. The van der Waals surface area contributed by atoms with Crippen LogP contribution >= 0.6 is 11.3 Å². The summed E-state index contributed by atoms with van der Waals surface area (Å²) in [5.74, 6) is 0.383. The maximum Gasteiger partial charge on any atom is 0.131 e. The molecule has 0 bridgehead atoms. The van der Waals surface area contributed by atoms with Crippen LogP contribution in [0.5, 0.6) is 5.75 Å². The second-order valence-electron chi connectivity index (χ2n) is 4.37. The Labute approximate surface area is 117 Å². The van der Waals surface area contributed by atoms with Gasteiger partial charge in [-0.05, 0) is 54.4 Å². The molecule has 0 fully saturated rings. The lowest BCUT2D eigenvalue weighted by atomic mass is 9.98. The van der Waals surface area contributed by atoms with Crippen LogP contribution < -0.4 is 10.1 Å². The zero-order valence-corrected chi connectivity index (χ0v) is 12.0. The molecule has 1 heterocycles. The van der Waals surface area contributed by atoms with Crippen LogP contribution in [0, 0.1) is 5.82 Å². The SMILES string of the molecule is CNC(CCc1ccsc1)c1c(F)cccc1OC. The van der Waals surface area contributed by atoms with Crippen molar-refractivity contribution in [1.82, 2.24) is 5.32 Å². The number of halogens is 1. The minimum absolute atomic E-state index is 0.0453. The van der Waals surface area contributed by atoms with Crippen molar-refractivity contribution in [2.24, 2.45) is 0 Å². The van der Waals surface area contributed by atoms with E-state index in [1.807, 2.05) is 7.05 Å². The Morgan fingerprint density at radius 1 is 1.37 bits per heavy atom. The molecular weight excluding hydrogens is 261 g/mol. The average molecular weight is 279 g/mol. The molecule has 19 heavy (non-hydrogen) atoms. The molecule has 0 saturated heterocycles. The molecule has 0 spiro atoms. The number of aryl methyl sites for hydroxylation is 1. The first-order valence-corrected chi connectivity index (χ1v) is 7.21. The first kappa shape index (κ1) is 14.0. The molecule has 1 N–H and O–H groups in total. The van der Waals surface area contributed by atoms with Gasteiger partial charge in [-0.25, -0.2) is 4.39 Å². The van der Waals surface area contributed by atoms with E-state index in [-0.39, 0.29) is 11.9 Å². The van der Waals surface area contributed by atoms with Crippen LogP contribution in [0.4, 0.5) is 4.39 Å². The number of nitrogens with one attached hydrogen (secondary N) is 1. The Bertz CT molecular complexity index is 513. The summed E-state index contributed by atoms with van der Waals surface area (Å²) in [6.07, 6.45) is 1.76. The van der Waals surface area contributed by atoms with Crippen molar-refractivity contribution in [3.63, 3.8) is 0 Å². The van der Waals surface area contributed by atoms with Gasteiger partial charge in [0.05, 0.1) is 7.11 Å². The summed E-state index contributed by atoms with van der Waals surface area (Å²) in [6, 6.07) is 7.01. The summed E-state index contributed by atoms with van der Waals surface area (Å²) in [7, 11) is 3.42. The van der Waals surface area contributed by atoms with E-state index in [9.17, 15) is 4.39 Å². The highest BCUT2D eigenvalue weighted by Crippen LogP contribution is 2.30. The monoisotopic (exact) mass is 279 g/mol. The summed E-state index contributed by atoms with van der Waals surface area (Å²) in [6.45, 7) is 0. The fourth-order valence-electron chi connectivity index (χ4n) is 2.21. The van der Waals surface area contributed by atoms with Gasteiger partial charge in [0.15, 0.2) is 0 Å². The summed E-state index contributed by atoms with van der Waals surface area (Å²) < 4.78 is 19.3. The zero-order chi connectivity index (χ0) is 13.7. The van der Waals surface area contributed by atoms with Crippen molar-refractivity contribution < 1.29 is 9.13 Å². The largest absolute Gasteiger partial charge is 0.496 e. The smallest absolute Gasteiger partial charge is 0.131 e. The molecular formula is C15H18FNOS. The molecule has 1 unspecified atom stereocenters. The van der Waals surface area contributed by atoms with Gasteiger partial charge in [-0.15, -0.1) is 0 Å². The first-order valence-electron chi connectivity index (χ1n) is 6.27. The number of methoxy groups -OCH3 is 1. The van der Waals surface area contributed by atoms with E-state index in [2.05, 4.69) is 22.1 Å². The Kier molecular flexibility index (Phi) is 4.93. The molecule has 4 heteroatoms. The Hall–Kier alpha value is -1.39. The van der Waals surface area contributed by atoms with Gasteiger partial charge in [0, 0.05) is 11.6 Å². The van der Waals surface area contributed by atoms with Gasteiger partial charge in [0.2, 0.25) is 0 Å². The van der Waals surface area contributed by atoms with Crippen LogP contribution in [0.3, 0.4) is 0 Å². The molecule has 1 aromatic carbocycles. The number of hydrogen-bond donors (Lipinski definition) is 1. The van der Waals surface area contributed by atoms with Crippen molar-refractivity contribution in [2.45, 2.75) is 18.9 Å². The number of benzene rings is 1. The molecule has 0 radical (unpaired) electrons. The molecule has 2 nitrogen and oxygen atoms in total. The number of rotatable bonds is 6. The maximum atomic E-state index is 14.0. The summed E-state index contributed by atoms with van der Waals surface area (Å²) in [5, 5.41) is 7.37. The molecule has 0 aliphatic rings. The van der Waals surface area contributed by atoms with Crippen molar-refractivity contribution in [3.05, 3.63) is 52.0 Å². The number of hydrogen-bond acceptors (Lipinski definition) is 3. The standard InChI is InChI=1S/C15H18FNOS/c1-17-13(7-6-11-8-9-19-10-11)15-12(16)4-3-5-14(15)18-2/h3-5,8-10,13,17H,6-7H2,1-2H3. The third-order valence-corrected chi connectivity index (χ3v) is 3.96. The van der Waals surface area contributed by atoms with E-state index >= 15 is 0 Å². The van der Waals surface area contributed by atoms with Gasteiger partial charge in [0.25, 0.3) is 0 Å². The molecule has 2 rings (SSSR count). The van der Waals surface area contributed by atoms with Crippen LogP contribution in [0.2, 0.25) is 0 Å². The van der Waals surface area contributed by atoms with Gasteiger partial charge in [-0.1, -0.05) is 6.07 Å². The molecule has 0 aliphatic heterocycles. The zero-order valence-electron chi connectivity index (χ0n) is 11.2. The number of thiophene rings is 1. The van der Waals surface area contributed by atoms with Crippen LogP contribution in [-0.4, -0.2) is 14.2 Å². The summed E-state index contributed by atoms with van der Waals surface area (Å²) >= 11 is 1.69. The Morgan fingerprint density at radius 2 is 2.21 bits per heavy atom. The Morgan fingerprint density at radius 3 is 2.84 bits per heavy atom. The van der Waals surface area contributed by atoms with Crippen LogP contribution in [0.1, 0.15) is 23.6 Å². The van der Waals surface area contributed by atoms with E-state index < -0.39 is 0 Å². The van der Waals surface area contributed by atoms with Gasteiger partial charge >= 0.3 is 0 Å². The highest BCUT2D eigenvalue weighted by atomic mass is 32.1. The lowest BCUT2D eigenvalue weighted by Gasteiger charge is -2.19. The number of ether oxygens (including phenoxy) is 1. The fraction of sp³-hybridized carbons (Fsp3) is 0.333. The summed E-state index contributed by atoms with van der Waals surface area (Å²) in [4.78, 5) is 0. The second kappa shape index (κ2) is 6.68. The van der Waals surface area contributed by atoms with Crippen molar-refractivity contribution in [3.8, 4) is 5.75 Å². The van der Waals surface area contributed by atoms with Gasteiger partial charge in [-0.2, -0.15) is 11.3 Å². The predicted octanol–water partition coefficient (Wildman–Crippen LogP) is 3.79. The van der Waals surface area contributed by atoms with Gasteiger partial charge in [-0.3, -0.25) is 0 Å². The van der Waals surface area contributed by atoms with Crippen LogP contribution in [0.15, 0.2) is 35.0 Å². The van der Waals surface area contributed by atoms with Gasteiger partial charge < -0.3 is 10.1 Å². The van der Waals surface area contributed by atoms with E-state index in [1.165, 1.54) is 11.6 Å². The van der Waals surface area contributed by atoms with Crippen molar-refractivity contribution in [2.75, 3.05) is 14.2 Å². The Balaban J connectivity index is 2.17. The molecule has 102 valence electrons. The van der Waals surface area contributed by atoms with Crippen molar-refractivity contribution >= 4 is 11.3 Å². The maximum absolute atomic E-state index is 14.0. The highest BCUT2D eigenvalue weighted by molar-refractivity contribution is 7.07. The van der Waals surface area contributed by atoms with E-state index in [0.29, 0.717) is 11.3 Å². The van der Waals surface area contributed by atoms with Gasteiger partial charge in [0.1, 0.15) is 11.6 Å². The molecule has 1 aromatic heterocycles. The fourth-order valence-corrected chi connectivity index (χ4v) is 2.92. The predicted molar refractivity (Wildman–Crippen MR) is 77.4 cm³/mol. The molecule has 0 amide bonds. The second-order valence-corrected chi connectivity index (χ2v) is 5.15. The topological polar surface area (TPSA) is 21.3 Å². The minimum Gasteiger partial charge on any atom is -0.496 e. The van der Waals surface area contributed by atoms with E-state index in [0.717, 1.165) is 12.8 Å². The van der Waals surface area contributed by atoms with Crippen molar-refractivity contribution in [1.29, 1.82) is 0 Å². The average Bonchev–Trinajstić information content (AvgIpc) is 2.94. The lowest BCUT2D eigenvalue weighted by Crippen LogP contribution is -2.19.